The second-order valence-corrected chi connectivity index (χ2v) is 4.20. The van der Waals surface area contributed by atoms with Crippen molar-refractivity contribution in [2.45, 2.75) is 44.8 Å². The van der Waals surface area contributed by atoms with E-state index < -0.39 is 41.9 Å². The first-order chi connectivity index (χ1) is 9.82. The highest BCUT2D eigenvalue weighted by atomic mass is 16.4. The Morgan fingerprint density at radius 2 is 1.09 bits per heavy atom. The molecule has 0 radical (unpaired) electrons. The molecule has 0 bridgehead atoms. The third-order valence-electron chi connectivity index (χ3n) is 1.80. The van der Waals surface area contributed by atoms with E-state index in [0.29, 0.717) is 0 Å². The number of carboxylic acid groups (broad SMARTS) is 3. The lowest BCUT2D eigenvalue weighted by Crippen LogP contribution is -2.31. The van der Waals surface area contributed by atoms with Crippen LogP contribution in [-0.2, 0) is 19.2 Å². The van der Waals surface area contributed by atoms with Gasteiger partial charge in [0.05, 0.1) is 0 Å². The maximum atomic E-state index is 10.1. The summed E-state index contributed by atoms with van der Waals surface area (Å²) in [5.74, 6) is -3.57. The number of nitrogens with two attached hydrogens (primary N) is 4. The van der Waals surface area contributed by atoms with Crippen molar-refractivity contribution in [3.63, 3.8) is 0 Å². The molecule has 0 aliphatic rings. The Morgan fingerprint density at radius 3 is 1.23 bits per heavy atom. The van der Waals surface area contributed by atoms with Gasteiger partial charge in [0.25, 0.3) is 0 Å². The van der Waals surface area contributed by atoms with E-state index in [9.17, 15) is 19.2 Å². The molecule has 0 aliphatic carbocycles. The number of carboxylic acids is 3. The summed E-state index contributed by atoms with van der Waals surface area (Å²) in [6, 6.07) is -2.44. The van der Waals surface area contributed by atoms with Crippen molar-refractivity contribution >= 4 is 23.8 Å². The standard InChI is InChI=1S/C5H10N2O3.2C3H7NO2/c6-3(5(9)10)1-2-4(7)8;2*1-2(4)3(5)6/h3H,1-2,6H2,(H2,7,8)(H,9,10);2*2H,4H2,1H3,(H,5,6)/t3-;2*2-/m000/s1. The van der Waals surface area contributed by atoms with E-state index in [1.165, 1.54) is 13.8 Å². The largest absolute Gasteiger partial charge is 0.480 e. The smallest absolute Gasteiger partial charge is 0.320 e. The summed E-state index contributed by atoms with van der Waals surface area (Å²) >= 11 is 0. The number of hydrogen-bond acceptors (Lipinski definition) is 7. The molecular weight excluding hydrogens is 300 g/mol. The molecular formula is C11H24N4O7. The Morgan fingerprint density at radius 1 is 0.818 bits per heavy atom. The van der Waals surface area contributed by atoms with Crippen LogP contribution in [0.3, 0.4) is 0 Å². The van der Waals surface area contributed by atoms with Crippen LogP contribution in [0, 0.1) is 0 Å². The Balaban J connectivity index is -0.000000261. The third-order valence-corrected chi connectivity index (χ3v) is 1.80. The van der Waals surface area contributed by atoms with Gasteiger partial charge in [-0.3, -0.25) is 19.2 Å². The van der Waals surface area contributed by atoms with Crippen LogP contribution in [-0.4, -0.2) is 57.3 Å². The number of carbonyl (C=O) groups excluding carboxylic acids is 1. The molecule has 3 atom stereocenters. The zero-order chi connectivity index (χ0) is 18.5. The molecule has 0 aromatic carbocycles. The van der Waals surface area contributed by atoms with E-state index in [2.05, 4.69) is 0 Å². The number of rotatable bonds is 6. The van der Waals surface area contributed by atoms with E-state index in [-0.39, 0.29) is 12.8 Å². The van der Waals surface area contributed by atoms with Crippen LogP contribution in [0.1, 0.15) is 26.7 Å². The second-order valence-electron chi connectivity index (χ2n) is 4.20. The van der Waals surface area contributed by atoms with Crippen LogP contribution < -0.4 is 22.9 Å². The van der Waals surface area contributed by atoms with Crippen molar-refractivity contribution in [2.24, 2.45) is 22.9 Å². The second kappa shape index (κ2) is 13.7. The lowest BCUT2D eigenvalue weighted by Gasteiger charge is -2.01. The van der Waals surface area contributed by atoms with Crippen LogP contribution in [0.2, 0.25) is 0 Å². The van der Waals surface area contributed by atoms with E-state index in [4.69, 9.17) is 38.3 Å². The van der Waals surface area contributed by atoms with Crippen LogP contribution in [0.5, 0.6) is 0 Å². The van der Waals surface area contributed by atoms with Crippen LogP contribution in [0.15, 0.2) is 0 Å². The Labute approximate surface area is 127 Å². The SMILES string of the molecule is C[C@H](N)C(=O)O.C[C@H](N)C(=O)O.NC(=O)CC[C@H](N)C(=O)O. The summed E-state index contributed by atoms with van der Waals surface area (Å²) in [6.07, 6.45) is 0.123. The fourth-order valence-corrected chi connectivity index (χ4v) is 0.421. The number of aliphatic carboxylic acids is 3. The number of hydrogen-bond donors (Lipinski definition) is 7. The molecule has 0 spiro atoms. The van der Waals surface area contributed by atoms with Gasteiger partial charge >= 0.3 is 17.9 Å². The van der Waals surface area contributed by atoms with Crippen molar-refractivity contribution in [2.75, 3.05) is 0 Å². The van der Waals surface area contributed by atoms with Crippen molar-refractivity contribution in [1.29, 1.82) is 0 Å². The van der Waals surface area contributed by atoms with Gasteiger partial charge in [0.2, 0.25) is 5.91 Å². The predicted molar refractivity (Wildman–Crippen MR) is 76.6 cm³/mol. The Kier molecular flexibility index (Phi) is 15.5. The summed E-state index contributed by atoms with van der Waals surface area (Å²) < 4.78 is 0. The molecule has 1 amide bonds. The minimum absolute atomic E-state index is 0.0213. The molecule has 0 unspecified atom stereocenters. The van der Waals surface area contributed by atoms with Gasteiger partial charge in [0, 0.05) is 6.42 Å². The van der Waals surface area contributed by atoms with Gasteiger partial charge in [0.1, 0.15) is 18.1 Å². The zero-order valence-corrected chi connectivity index (χ0v) is 12.4. The highest BCUT2D eigenvalue weighted by Gasteiger charge is 2.11. The topological polar surface area (TPSA) is 233 Å². The van der Waals surface area contributed by atoms with Gasteiger partial charge in [-0.2, -0.15) is 0 Å². The van der Waals surface area contributed by atoms with Crippen molar-refractivity contribution in [3.8, 4) is 0 Å². The number of amides is 1. The molecule has 0 aromatic rings. The van der Waals surface area contributed by atoms with Gasteiger partial charge in [-0.15, -0.1) is 0 Å². The summed E-state index contributed by atoms with van der Waals surface area (Å²) in [6.45, 7) is 2.84. The summed E-state index contributed by atoms with van der Waals surface area (Å²) in [4.78, 5) is 39.3. The van der Waals surface area contributed by atoms with E-state index in [0.717, 1.165) is 0 Å². The van der Waals surface area contributed by atoms with Crippen molar-refractivity contribution < 1.29 is 34.5 Å². The first kappa shape index (κ1) is 24.8. The third kappa shape index (κ3) is 22.9. The predicted octanol–water partition coefficient (Wildman–Crippen LogP) is -2.50. The molecule has 0 saturated heterocycles. The first-order valence-electron chi connectivity index (χ1n) is 6.06. The molecule has 0 rings (SSSR count). The Bertz CT molecular complexity index is 353. The number of carbonyl (C=O) groups is 4. The lowest BCUT2D eigenvalue weighted by molar-refractivity contribution is -0.139. The maximum absolute atomic E-state index is 10.1. The molecule has 0 fully saturated rings. The average Bonchev–Trinajstić information content (AvgIpc) is 2.36. The van der Waals surface area contributed by atoms with Gasteiger partial charge < -0.3 is 38.3 Å². The van der Waals surface area contributed by atoms with E-state index in [1.807, 2.05) is 0 Å². The summed E-state index contributed by atoms with van der Waals surface area (Å²) in [5, 5.41) is 23.9. The zero-order valence-electron chi connectivity index (χ0n) is 12.4. The van der Waals surface area contributed by atoms with Crippen molar-refractivity contribution in [3.05, 3.63) is 0 Å². The molecule has 11 N–H and O–H groups in total. The first-order valence-corrected chi connectivity index (χ1v) is 6.06. The maximum Gasteiger partial charge on any atom is 0.320 e. The van der Waals surface area contributed by atoms with Crippen LogP contribution in [0.4, 0.5) is 0 Å². The van der Waals surface area contributed by atoms with Gasteiger partial charge in [0.15, 0.2) is 0 Å². The molecule has 0 aliphatic heterocycles. The lowest BCUT2D eigenvalue weighted by atomic mass is 10.2. The molecule has 0 heterocycles. The molecule has 22 heavy (non-hydrogen) atoms. The van der Waals surface area contributed by atoms with Gasteiger partial charge in [-0.05, 0) is 20.3 Å². The molecule has 11 heteroatoms. The average molecular weight is 324 g/mol. The minimum atomic E-state index is -1.11. The monoisotopic (exact) mass is 324 g/mol. The van der Waals surface area contributed by atoms with E-state index >= 15 is 0 Å². The minimum Gasteiger partial charge on any atom is -0.480 e. The fourth-order valence-electron chi connectivity index (χ4n) is 0.421. The highest BCUT2D eigenvalue weighted by Crippen LogP contribution is 1.92. The quantitative estimate of drug-likeness (QED) is 0.271. The molecule has 130 valence electrons. The van der Waals surface area contributed by atoms with Gasteiger partial charge in [-0.25, -0.2) is 0 Å². The normalized spacial score (nSPS) is 13.1. The van der Waals surface area contributed by atoms with Gasteiger partial charge in [-0.1, -0.05) is 0 Å². The van der Waals surface area contributed by atoms with Crippen molar-refractivity contribution in [1.82, 2.24) is 0 Å². The molecule has 0 saturated carbocycles. The number of primary amides is 1. The van der Waals surface area contributed by atoms with Crippen LogP contribution in [0.25, 0.3) is 0 Å². The fraction of sp³-hybridized carbons (Fsp3) is 0.636. The van der Waals surface area contributed by atoms with Crippen LogP contribution >= 0.6 is 0 Å². The molecule has 11 nitrogen and oxygen atoms in total. The Hall–Kier alpha value is -2.24. The highest BCUT2D eigenvalue weighted by molar-refractivity contribution is 5.77. The molecule has 0 aromatic heterocycles. The van der Waals surface area contributed by atoms with E-state index in [1.54, 1.807) is 0 Å². The summed E-state index contributed by atoms with van der Waals surface area (Å²) in [5.41, 5.74) is 19.5. The summed E-state index contributed by atoms with van der Waals surface area (Å²) in [7, 11) is 0.